The van der Waals surface area contributed by atoms with Gasteiger partial charge in [0.1, 0.15) is 0 Å². The Bertz CT molecular complexity index is 663. The van der Waals surface area contributed by atoms with Gasteiger partial charge in [-0.05, 0) is 48.6 Å². The monoisotopic (exact) mass is 304 g/mol. The summed E-state index contributed by atoms with van der Waals surface area (Å²) in [7, 11) is -3.37. The summed E-state index contributed by atoms with van der Waals surface area (Å²) in [6.45, 7) is 0.554. The zero-order valence-electron chi connectivity index (χ0n) is 12.0. The third-order valence-corrected chi connectivity index (χ3v) is 6.23. The number of sulfonamides is 1. The van der Waals surface area contributed by atoms with Crippen molar-refractivity contribution in [1.29, 1.82) is 5.26 Å². The van der Waals surface area contributed by atoms with Gasteiger partial charge in [-0.2, -0.15) is 5.26 Å². The van der Waals surface area contributed by atoms with Crippen LogP contribution in [0.15, 0.2) is 24.3 Å². The molecule has 2 aliphatic rings. The van der Waals surface area contributed by atoms with Crippen molar-refractivity contribution in [2.75, 3.05) is 6.54 Å². The van der Waals surface area contributed by atoms with E-state index in [1.165, 1.54) is 25.7 Å². The highest BCUT2D eigenvalue weighted by atomic mass is 32.2. The maximum atomic E-state index is 12.2. The van der Waals surface area contributed by atoms with Crippen LogP contribution >= 0.6 is 0 Å². The molecule has 2 fully saturated rings. The quantitative estimate of drug-likeness (QED) is 0.908. The number of nitrogens with one attached hydrogen (secondary N) is 1. The Morgan fingerprint density at radius 1 is 1.24 bits per heavy atom. The first-order chi connectivity index (χ1) is 10.1. The van der Waals surface area contributed by atoms with E-state index in [2.05, 4.69) is 4.72 Å². The summed E-state index contributed by atoms with van der Waals surface area (Å²) in [5.41, 5.74) is 1.00. The second-order valence-electron chi connectivity index (χ2n) is 6.31. The summed E-state index contributed by atoms with van der Waals surface area (Å²) < 4.78 is 27.2. The molecule has 2 aliphatic carbocycles. The van der Waals surface area contributed by atoms with E-state index in [-0.39, 0.29) is 5.75 Å². The van der Waals surface area contributed by atoms with Gasteiger partial charge in [0, 0.05) is 6.54 Å². The summed E-state index contributed by atoms with van der Waals surface area (Å²) in [6.07, 6.45) is 5.03. The van der Waals surface area contributed by atoms with Crippen LogP contribution in [0.5, 0.6) is 0 Å². The molecule has 3 rings (SSSR count). The van der Waals surface area contributed by atoms with E-state index in [0.29, 0.717) is 29.5 Å². The van der Waals surface area contributed by atoms with Crippen molar-refractivity contribution in [1.82, 2.24) is 4.72 Å². The number of hydrogen-bond acceptors (Lipinski definition) is 3. The minimum absolute atomic E-state index is 0.114. The highest BCUT2D eigenvalue weighted by molar-refractivity contribution is 7.88. The Hall–Kier alpha value is -1.38. The Balaban J connectivity index is 1.61. The van der Waals surface area contributed by atoms with Crippen LogP contribution in [0.25, 0.3) is 0 Å². The van der Waals surface area contributed by atoms with E-state index in [1.807, 2.05) is 6.07 Å². The second kappa shape index (κ2) is 5.78. The van der Waals surface area contributed by atoms with Gasteiger partial charge in [-0.15, -0.1) is 0 Å². The first-order valence-electron chi connectivity index (χ1n) is 7.53. The molecule has 0 radical (unpaired) electrons. The minimum atomic E-state index is -3.37. The number of rotatable bonds is 5. The molecular formula is C16H20N2O2S. The van der Waals surface area contributed by atoms with Gasteiger partial charge in [0.25, 0.3) is 0 Å². The summed E-state index contributed by atoms with van der Waals surface area (Å²) in [5.74, 6) is 1.93. The second-order valence-corrected chi connectivity index (χ2v) is 8.12. The fourth-order valence-electron chi connectivity index (χ4n) is 3.87. The van der Waals surface area contributed by atoms with E-state index in [9.17, 15) is 8.42 Å². The molecule has 3 unspecified atom stereocenters. The zero-order chi connectivity index (χ0) is 14.9. The van der Waals surface area contributed by atoms with Gasteiger partial charge >= 0.3 is 0 Å². The summed E-state index contributed by atoms with van der Waals surface area (Å²) in [6, 6.07) is 8.92. The molecule has 1 aromatic carbocycles. The molecule has 21 heavy (non-hydrogen) atoms. The highest BCUT2D eigenvalue weighted by Crippen LogP contribution is 2.47. The molecule has 0 aliphatic heterocycles. The smallest absolute Gasteiger partial charge is 0.215 e. The average Bonchev–Trinajstić information content (AvgIpc) is 3.08. The Morgan fingerprint density at radius 3 is 2.71 bits per heavy atom. The van der Waals surface area contributed by atoms with E-state index >= 15 is 0 Å². The Morgan fingerprint density at radius 2 is 2.05 bits per heavy atom. The van der Waals surface area contributed by atoms with Crippen molar-refractivity contribution in [3.05, 3.63) is 35.4 Å². The molecule has 2 bridgehead atoms. The lowest BCUT2D eigenvalue weighted by Gasteiger charge is -2.21. The third-order valence-electron chi connectivity index (χ3n) is 4.93. The van der Waals surface area contributed by atoms with Crippen LogP contribution in [0.2, 0.25) is 0 Å². The molecule has 1 aromatic rings. The molecule has 2 saturated carbocycles. The molecule has 112 valence electrons. The standard InChI is InChI=1S/C16H20N2O2S/c17-9-14-3-1-2-4-15(14)11-21(19,20)18-10-16-8-12-5-6-13(16)7-12/h1-4,12-13,16,18H,5-8,10-11H2. The van der Waals surface area contributed by atoms with E-state index < -0.39 is 10.0 Å². The molecule has 0 amide bonds. The van der Waals surface area contributed by atoms with E-state index in [0.717, 1.165) is 5.92 Å². The fourth-order valence-corrected chi connectivity index (χ4v) is 5.10. The fraction of sp³-hybridized carbons (Fsp3) is 0.562. The number of nitrogens with zero attached hydrogens (tertiary/aromatic N) is 1. The number of fused-ring (bicyclic) bond motifs is 2. The number of benzene rings is 1. The van der Waals surface area contributed by atoms with E-state index in [1.54, 1.807) is 24.3 Å². The maximum Gasteiger partial charge on any atom is 0.215 e. The molecule has 4 nitrogen and oxygen atoms in total. The van der Waals surface area contributed by atoms with Crippen molar-refractivity contribution in [3.63, 3.8) is 0 Å². The molecule has 1 N–H and O–H groups in total. The number of hydrogen-bond donors (Lipinski definition) is 1. The van der Waals surface area contributed by atoms with Crippen molar-refractivity contribution in [3.8, 4) is 6.07 Å². The molecule has 0 spiro atoms. The van der Waals surface area contributed by atoms with Crippen LogP contribution in [0.1, 0.15) is 36.8 Å². The lowest BCUT2D eigenvalue weighted by molar-refractivity contribution is 0.332. The first-order valence-corrected chi connectivity index (χ1v) is 9.18. The number of nitriles is 1. The molecule has 3 atom stereocenters. The minimum Gasteiger partial charge on any atom is -0.215 e. The largest absolute Gasteiger partial charge is 0.215 e. The maximum absolute atomic E-state index is 12.2. The van der Waals surface area contributed by atoms with Crippen LogP contribution in [0, 0.1) is 29.1 Å². The third kappa shape index (κ3) is 3.28. The van der Waals surface area contributed by atoms with E-state index in [4.69, 9.17) is 5.26 Å². The Labute approximate surface area is 126 Å². The van der Waals surface area contributed by atoms with Crippen molar-refractivity contribution >= 4 is 10.0 Å². The first kappa shape index (κ1) is 14.6. The average molecular weight is 304 g/mol. The summed E-state index contributed by atoms with van der Waals surface area (Å²) in [4.78, 5) is 0. The lowest BCUT2D eigenvalue weighted by atomic mass is 9.89. The molecule has 0 saturated heterocycles. The van der Waals surface area contributed by atoms with Gasteiger partial charge < -0.3 is 0 Å². The zero-order valence-corrected chi connectivity index (χ0v) is 12.8. The topological polar surface area (TPSA) is 70.0 Å². The molecule has 5 heteroatoms. The molecule has 0 heterocycles. The predicted octanol–water partition coefficient (Wildman–Crippen LogP) is 2.41. The van der Waals surface area contributed by atoms with Gasteiger partial charge in [-0.1, -0.05) is 24.6 Å². The van der Waals surface area contributed by atoms with Crippen molar-refractivity contribution in [2.45, 2.75) is 31.4 Å². The van der Waals surface area contributed by atoms with Crippen LogP contribution in [0.3, 0.4) is 0 Å². The summed E-state index contributed by atoms with van der Waals surface area (Å²) >= 11 is 0. The normalized spacial score (nSPS) is 27.7. The van der Waals surface area contributed by atoms with Gasteiger partial charge in [0.15, 0.2) is 0 Å². The van der Waals surface area contributed by atoms with Crippen LogP contribution in [0.4, 0.5) is 0 Å². The van der Waals surface area contributed by atoms with Crippen LogP contribution < -0.4 is 4.72 Å². The van der Waals surface area contributed by atoms with Crippen LogP contribution in [-0.2, 0) is 15.8 Å². The Kier molecular flexibility index (Phi) is 4.01. The molecular weight excluding hydrogens is 284 g/mol. The van der Waals surface area contributed by atoms with Gasteiger partial charge in [-0.25, -0.2) is 13.1 Å². The van der Waals surface area contributed by atoms with Gasteiger partial charge in [-0.3, -0.25) is 0 Å². The SMILES string of the molecule is N#Cc1ccccc1CS(=O)(=O)NCC1CC2CCC1C2. The molecule has 0 aromatic heterocycles. The highest BCUT2D eigenvalue weighted by Gasteiger charge is 2.39. The lowest BCUT2D eigenvalue weighted by Crippen LogP contribution is -2.32. The van der Waals surface area contributed by atoms with Gasteiger partial charge in [0.2, 0.25) is 10.0 Å². The predicted molar refractivity (Wildman–Crippen MR) is 80.7 cm³/mol. The van der Waals surface area contributed by atoms with Crippen LogP contribution in [-0.4, -0.2) is 15.0 Å². The summed E-state index contributed by atoms with van der Waals surface area (Å²) in [5, 5.41) is 9.02. The van der Waals surface area contributed by atoms with Crippen molar-refractivity contribution < 1.29 is 8.42 Å². The van der Waals surface area contributed by atoms with Gasteiger partial charge in [0.05, 0.1) is 17.4 Å². The van der Waals surface area contributed by atoms with Crippen molar-refractivity contribution in [2.24, 2.45) is 17.8 Å².